The first-order valence-electron chi connectivity index (χ1n) is 5.78. The Bertz CT molecular complexity index is 321. The fourth-order valence-corrected chi connectivity index (χ4v) is 4.59. The van der Waals surface area contributed by atoms with Crippen LogP contribution in [0.5, 0.6) is 0 Å². The Kier molecular flexibility index (Phi) is 4.70. The third-order valence-electron chi connectivity index (χ3n) is 2.93. The van der Waals surface area contributed by atoms with Gasteiger partial charge in [0.15, 0.2) is 0 Å². The molecule has 1 atom stereocenters. The number of nitrogens with two attached hydrogens (primary N) is 1. The SMILES string of the molecule is Cc1ccsc1C(CN)SC1CCOCC1. The molecule has 1 saturated heterocycles. The molecule has 90 valence electrons. The van der Waals surface area contributed by atoms with Crippen molar-refractivity contribution >= 4 is 23.1 Å². The van der Waals surface area contributed by atoms with Gasteiger partial charge in [0.05, 0.1) is 5.25 Å². The summed E-state index contributed by atoms with van der Waals surface area (Å²) < 4.78 is 5.39. The normalized spacial score (nSPS) is 19.9. The van der Waals surface area contributed by atoms with Gasteiger partial charge in [0.2, 0.25) is 0 Å². The second-order valence-electron chi connectivity index (χ2n) is 4.14. The van der Waals surface area contributed by atoms with Gasteiger partial charge in [-0.25, -0.2) is 0 Å². The second kappa shape index (κ2) is 6.05. The topological polar surface area (TPSA) is 35.2 Å². The molecule has 0 spiro atoms. The number of thiophene rings is 1. The fraction of sp³-hybridized carbons (Fsp3) is 0.667. The fourth-order valence-electron chi connectivity index (χ4n) is 1.98. The van der Waals surface area contributed by atoms with Crippen molar-refractivity contribution in [3.63, 3.8) is 0 Å². The molecule has 1 unspecified atom stereocenters. The van der Waals surface area contributed by atoms with Crippen LogP contribution in [-0.4, -0.2) is 25.0 Å². The van der Waals surface area contributed by atoms with Gasteiger partial charge in [-0.3, -0.25) is 0 Å². The van der Waals surface area contributed by atoms with Gasteiger partial charge >= 0.3 is 0 Å². The van der Waals surface area contributed by atoms with Crippen LogP contribution in [-0.2, 0) is 4.74 Å². The first-order chi connectivity index (χ1) is 7.81. The van der Waals surface area contributed by atoms with E-state index in [4.69, 9.17) is 10.5 Å². The summed E-state index contributed by atoms with van der Waals surface area (Å²) in [6.07, 6.45) is 2.34. The lowest BCUT2D eigenvalue weighted by Gasteiger charge is -2.25. The van der Waals surface area contributed by atoms with E-state index in [0.717, 1.165) is 25.0 Å². The van der Waals surface area contributed by atoms with Gasteiger partial charge in [-0.05, 0) is 36.8 Å². The van der Waals surface area contributed by atoms with Crippen LogP contribution >= 0.6 is 23.1 Å². The highest BCUT2D eigenvalue weighted by Gasteiger charge is 2.21. The molecule has 2 nitrogen and oxygen atoms in total. The van der Waals surface area contributed by atoms with Crippen LogP contribution in [0.1, 0.15) is 28.5 Å². The molecule has 1 fully saturated rings. The Morgan fingerprint density at radius 1 is 1.56 bits per heavy atom. The van der Waals surface area contributed by atoms with Gasteiger partial charge in [0.1, 0.15) is 0 Å². The quantitative estimate of drug-likeness (QED) is 0.900. The van der Waals surface area contributed by atoms with E-state index in [1.54, 1.807) is 0 Å². The van der Waals surface area contributed by atoms with Gasteiger partial charge < -0.3 is 10.5 Å². The highest BCUT2D eigenvalue weighted by Crippen LogP contribution is 2.38. The molecule has 0 aliphatic carbocycles. The lowest BCUT2D eigenvalue weighted by molar-refractivity contribution is 0.0999. The van der Waals surface area contributed by atoms with Crippen molar-refractivity contribution in [2.24, 2.45) is 5.73 Å². The van der Waals surface area contributed by atoms with Crippen LogP contribution < -0.4 is 5.73 Å². The molecule has 1 aromatic rings. The lowest BCUT2D eigenvalue weighted by atomic mass is 10.2. The number of hydrogen-bond donors (Lipinski definition) is 1. The van der Waals surface area contributed by atoms with Crippen molar-refractivity contribution in [2.75, 3.05) is 19.8 Å². The summed E-state index contributed by atoms with van der Waals surface area (Å²) in [6, 6.07) is 2.19. The van der Waals surface area contributed by atoms with E-state index in [1.165, 1.54) is 23.3 Å². The maximum absolute atomic E-state index is 5.90. The van der Waals surface area contributed by atoms with Crippen LogP contribution in [0, 0.1) is 6.92 Å². The number of rotatable bonds is 4. The zero-order valence-electron chi connectivity index (χ0n) is 9.65. The van der Waals surface area contributed by atoms with Crippen LogP contribution in [0.2, 0.25) is 0 Å². The highest BCUT2D eigenvalue weighted by molar-refractivity contribution is 8.00. The molecule has 1 aliphatic rings. The first-order valence-corrected chi connectivity index (χ1v) is 7.60. The Labute approximate surface area is 106 Å². The van der Waals surface area contributed by atoms with Crippen molar-refractivity contribution in [1.29, 1.82) is 0 Å². The molecule has 1 aliphatic heterocycles. The zero-order valence-corrected chi connectivity index (χ0v) is 11.3. The van der Waals surface area contributed by atoms with Gasteiger partial charge in [0, 0.05) is 29.9 Å². The number of aryl methyl sites for hydroxylation is 1. The first kappa shape index (κ1) is 12.4. The maximum atomic E-state index is 5.90. The van der Waals surface area contributed by atoms with E-state index >= 15 is 0 Å². The third-order valence-corrected chi connectivity index (χ3v) is 5.83. The zero-order chi connectivity index (χ0) is 11.4. The van der Waals surface area contributed by atoms with Crippen LogP contribution in [0.25, 0.3) is 0 Å². The molecule has 1 aromatic heterocycles. The largest absolute Gasteiger partial charge is 0.381 e. The Morgan fingerprint density at radius 2 is 2.31 bits per heavy atom. The summed E-state index contributed by atoms with van der Waals surface area (Å²) in [6.45, 7) is 4.75. The number of ether oxygens (including phenoxy) is 1. The Balaban J connectivity index is 1.97. The smallest absolute Gasteiger partial charge is 0.0518 e. The monoisotopic (exact) mass is 257 g/mol. The van der Waals surface area contributed by atoms with E-state index in [0.29, 0.717) is 5.25 Å². The summed E-state index contributed by atoms with van der Waals surface area (Å²) in [5, 5.41) is 3.37. The van der Waals surface area contributed by atoms with Gasteiger partial charge in [-0.2, -0.15) is 0 Å². The minimum Gasteiger partial charge on any atom is -0.381 e. The van der Waals surface area contributed by atoms with Crippen LogP contribution in [0.4, 0.5) is 0 Å². The molecular formula is C12H19NOS2. The molecule has 4 heteroatoms. The van der Waals surface area contributed by atoms with Gasteiger partial charge in [0.25, 0.3) is 0 Å². The van der Waals surface area contributed by atoms with E-state index in [2.05, 4.69) is 18.4 Å². The molecule has 2 rings (SSSR count). The van der Waals surface area contributed by atoms with Gasteiger partial charge in [-0.1, -0.05) is 0 Å². The predicted octanol–water partition coefficient (Wildman–Crippen LogP) is 2.97. The van der Waals surface area contributed by atoms with Crippen molar-refractivity contribution in [3.05, 3.63) is 21.9 Å². The molecule has 0 amide bonds. The second-order valence-corrected chi connectivity index (χ2v) is 6.60. The lowest BCUT2D eigenvalue weighted by Crippen LogP contribution is -2.20. The Morgan fingerprint density at radius 3 is 2.88 bits per heavy atom. The van der Waals surface area contributed by atoms with Crippen LogP contribution in [0.15, 0.2) is 11.4 Å². The Hall–Kier alpha value is -0.0300. The molecule has 0 saturated carbocycles. The van der Waals surface area contributed by atoms with Crippen LogP contribution in [0.3, 0.4) is 0 Å². The molecule has 2 heterocycles. The van der Waals surface area contributed by atoms with E-state index in [-0.39, 0.29) is 0 Å². The van der Waals surface area contributed by atoms with Crippen molar-refractivity contribution in [2.45, 2.75) is 30.3 Å². The summed E-state index contributed by atoms with van der Waals surface area (Å²) in [4.78, 5) is 1.46. The van der Waals surface area contributed by atoms with Crippen molar-refractivity contribution in [1.82, 2.24) is 0 Å². The average molecular weight is 257 g/mol. The highest BCUT2D eigenvalue weighted by atomic mass is 32.2. The predicted molar refractivity (Wildman–Crippen MR) is 72.3 cm³/mol. The van der Waals surface area contributed by atoms with E-state index in [9.17, 15) is 0 Å². The number of hydrogen-bond acceptors (Lipinski definition) is 4. The molecule has 0 radical (unpaired) electrons. The minimum atomic E-state index is 0.475. The van der Waals surface area contributed by atoms with Crippen molar-refractivity contribution in [3.8, 4) is 0 Å². The number of thioether (sulfide) groups is 1. The summed E-state index contributed by atoms with van der Waals surface area (Å²) in [7, 11) is 0. The third kappa shape index (κ3) is 3.00. The minimum absolute atomic E-state index is 0.475. The van der Waals surface area contributed by atoms with Gasteiger partial charge in [-0.15, -0.1) is 23.1 Å². The van der Waals surface area contributed by atoms with E-state index in [1.807, 2.05) is 23.1 Å². The summed E-state index contributed by atoms with van der Waals surface area (Å²) >= 11 is 3.88. The summed E-state index contributed by atoms with van der Waals surface area (Å²) in [5.74, 6) is 0. The molecular weight excluding hydrogens is 238 g/mol. The standard InChI is InChI=1S/C12H19NOS2/c1-9-4-7-15-12(9)11(8-13)16-10-2-5-14-6-3-10/h4,7,10-11H,2-3,5-6,8,13H2,1H3. The molecule has 2 N–H and O–H groups in total. The van der Waals surface area contributed by atoms with E-state index < -0.39 is 0 Å². The summed E-state index contributed by atoms with van der Waals surface area (Å²) in [5.41, 5.74) is 7.29. The molecule has 0 bridgehead atoms. The molecule has 0 aromatic carbocycles. The maximum Gasteiger partial charge on any atom is 0.0518 e. The van der Waals surface area contributed by atoms with Crippen molar-refractivity contribution < 1.29 is 4.74 Å². The average Bonchev–Trinajstić information content (AvgIpc) is 2.74. The molecule has 16 heavy (non-hydrogen) atoms.